The minimum atomic E-state index is -0.397. The number of hydrogen-bond acceptors (Lipinski definition) is 5. The van der Waals surface area contributed by atoms with Gasteiger partial charge in [0, 0.05) is 12.2 Å². The summed E-state index contributed by atoms with van der Waals surface area (Å²) in [4.78, 5) is 32.1. The van der Waals surface area contributed by atoms with Gasteiger partial charge in [0.15, 0.2) is 5.82 Å². The van der Waals surface area contributed by atoms with Gasteiger partial charge in [-0.2, -0.15) is 0 Å². The van der Waals surface area contributed by atoms with Gasteiger partial charge in [0.25, 0.3) is 11.8 Å². The molecule has 5 N–H and O–H groups in total. The Kier molecular flexibility index (Phi) is 5.68. The first-order chi connectivity index (χ1) is 13.1. The number of hydrogen-bond donors (Lipinski definition) is 4. The lowest BCUT2D eigenvalue weighted by molar-refractivity contribution is 0.0949. The summed E-state index contributed by atoms with van der Waals surface area (Å²) < 4.78 is 5.24. The number of nitrogens with one attached hydrogen (secondary N) is 3. The Bertz CT molecular complexity index is 934. The molecule has 8 nitrogen and oxygen atoms in total. The standard InChI is InChI=1S/C19H21N5O3/c1-27-16-8-7-12(11-13(16)18(25)21-10-4-9-20)22-19(26)17-23-14-5-2-3-6-15(14)24-17/h2-3,5-8,11H,4,9-10,20H2,1H3,(H,21,25)(H,22,26)(H,23,24). The number of carbonyl (C=O) groups excluding carboxylic acids is 2. The number of nitrogens with two attached hydrogens (primary N) is 1. The first-order valence-corrected chi connectivity index (χ1v) is 8.55. The monoisotopic (exact) mass is 367 g/mol. The van der Waals surface area contributed by atoms with Crippen LogP contribution in [0.2, 0.25) is 0 Å². The SMILES string of the molecule is COc1ccc(NC(=O)c2nc3ccccc3[nH]2)cc1C(=O)NCCCN. The van der Waals surface area contributed by atoms with Gasteiger partial charge in [-0.3, -0.25) is 9.59 Å². The van der Waals surface area contributed by atoms with Gasteiger partial charge < -0.3 is 26.1 Å². The molecule has 0 radical (unpaired) electrons. The Morgan fingerprint density at radius 2 is 2.00 bits per heavy atom. The van der Waals surface area contributed by atoms with Crippen molar-refractivity contribution in [2.75, 3.05) is 25.5 Å². The number of aromatic amines is 1. The van der Waals surface area contributed by atoms with Gasteiger partial charge in [0.2, 0.25) is 0 Å². The van der Waals surface area contributed by atoms with E-state index < -0.39 is 5.91 Å². The zero-order valence-corrected chi connectivity index (χ0v) is 14.9. The van der Waals surface area contributed by atoms with Gasteiger partial charge in [-0.05, 0) is 43.3 Å². The van der Waals surface area contributed by atoms with Gasteiger partial charge in [0.1, 0.15) is 5.75 Å². The Balaban J connectivity index is 1.78. The zero-order valence-electron chi connectivity index (χ0n) is 14.9. The lowest BCUT2D eigenvalue weighted by Gasteiger charge is -2.11. The highest BCUT2D eigenvalue weighted by atomic mass is 16.5. The summed E-state index contributed by atoms with van der Waals surface area (Å²) in [5.74, 6) is -0.0751. The van der Waals surface area contributed by atoms with Crippen LogP contribution in [0.3, 0.4) is 0 Å². The zero-order chi connectivity index (χ0) is 19.2. The summed E-state index contributed by atoms with van der Waals surface area (Å²) in [6.07, 6.45) is 0.677. The van der Waals surface area contributed by atoms with Crippen LogP contribution in [0.15, 0.2) is 42.5 Å². The van der Waals surface area contributed by atoms with Crippen LogP contribution in [-0.2, 0) is 0 Å². The molecule has 8 heteroatoms. The van der Waals surface area contributed by atoms with Crippen molar-refractivity contribution in [3.8, 4) is 5.75 Å². The minimum Gasteiger partial charge on any atom is -0.496 e. The molecule has 0 bridgehead atoms. The first-order valence-electron chi connectivity index (χ1n) is 8.55. The fourth-order valence-electron chi connectivity index (χ4n) is 2.61. The van der Waals surface area contributed by atoms with Crippen LogP contribution >= 0.6 is 0 Å². The van der Waals surface area contributed by atoms with Crippen LogP contribution in [0.1, 0.15) is 27.4 Å². The van der Waals surface area contributed by atoms with Gasteiger partial charge in [-0.1, -0.05) is 12.1 Å². The maximum atomic E-state index is 12.5. The number of ether oxygens (including phenoxy) is 1. The van der Waals surface area contributed by atoms with Crippen molar-refractivity contribution in [2.24, 2.45) is 5.73 Å². The van der Waals surface area contributed by atoms with Crippen molar-refractivity contribution in [1.29, 1.82) is 0 Å². The summed E-state index contributed by atoms with van der Waals surface area (Å²) in [6, 6.07) is 12.2. The smallest absolute Gasteiger partial charge is 0.291 e. The lowest BCUT2D eigenvalue weighted by atomic mass is 10.1. The number of fused-ring (bicyclic) bond motifs is 1. The number of H-pyrrole nitrogens is 1. The molecule has 27 heavy (non-hydrogen) atoms. The molecule has 0 saturated heterocycles. The molecule has 0 saturated carbocycles. The van der Waals surface area contributed by atoms with Gasteiger partial charge in [-0.15, -0.1) is 0 Å². The van der Waals surface area contributed by atoms with E-state index in [0.717, 1.165) is 5.52 Å². The molecule has 3 rings (SSSR count). The van der Waals surface area contributed by atoms with E-state index in [1.54, 1.807) is 18.2 Å². The number of rotatable bonds is 7. The number of anilines is 1. The fraction of sp³-hybridized carbons (Fsp3) is 0.211. The predicted molar refractivity (Wildman–Crippen MR) is 103 cm³/mol. The van der Waals surface area contributed by atoms with Crippen molar-refractivity contribution in [1.82, 2.24) is 15.3 Å². The number of para-hydroxylation sites is 2. The van der Waals surface area contributed by atoms with Crippen molar-refractivity contribution in [2.45, 2.75) is 6.42 Å². The summed E-state index contributed by atoms with van der Waals surface area (Å²) in [6.45, 7) is 0.957. The van der Waals surface area contributed by atoms with Crippen LogP contribution < -0.4 is 21.1 Å². The molecule has 0 aliphatic rings. The molecule has 3 aromatic rings. The average molecular weight is 367 g/mol. The molecule has 140 valence electrons. The molecular weight excluding hydrogens is 346 g/mol. The minimum absolute atomic E-state index is 0.195. The fourth-order valence-corrected chi connectivity index (χ4v) is 2.61. The quantitative estimate of drug-likeness (QED) is 0.475. The van der Waals surface area contributed by atoms with Gasteiger partial charge >= 0.3 is 0 Å². The molecule has 2 aromatic carbocycles. The van der Waals surface area contributed by atoms with Gasteiger partial charge in [-0.25, -0.2) is 4.98 Å². The number of nitrogens with zero attached hydrogens (tertiary/aromatic N) is 1. The first kappa shape index (κ1) is 18.4. The summed E-state index contributed by atoms with van der Waals surface area (Å²) in [5.41, 5.74) is 7.71. The molecule has 1 aromatic heterocycles. The van der Waals surface area contributed by atoms with E-state index in [9.17, 15) is 9.59 Å². The molecule has 0 atom stereocenters. The Morgan fingerprint density at radius 3 is 2.74 bits per heavy atom. The highest BCUT2D eigenvalue weighted by molar-refractivity contribution is 6.05. The molecule has 0 unspecified atom stereocenters. The van der Waals surface area contributed by atoms with Crippen molar-refractivity contribution in [3.63, 3.8) is 0 Å². The summed E-state index contributed by atoms with van der Waals surface area (Å²) in [5, 5.41) is 5.52. The third-order valence-electron chi connectivity index (χ3n) is 3.97. The molecular formula is C19H21N5O3. The normalized spacial score (nSPS) is 10.6. The molecule has 0 fully saturated rings. The molecule has 0 aliphatic heterocycles. The van der Waals surface area contributed by atoms with E-state index in [-0.39, 0.29) is 11.7 Å². The van der Waals surface area contributed by atoms with Crippen LogP contribution in [-0.4, -0.2) is 42.0 Å². The van der Waals surface area contributed by atoms with E-state index in [0.29, 0.717) is 42.0 Å². The number of methoxy groups -OCH3 is 1. The van der Waals surface area contributed by atoms with Gasteiger partial charge in [0.05, 0.1) is 23.7 Å². The van der Waals surface area contributed by atoms with Crippen LogP contribution in [0.4, 0.5) is 5.69 Å². The maximum Gasteiger partial charge on any atom is 0.291 e. The van der Waals surface area contributed by atoms with Crippen molar-refractivity contribution >= 4 is 28.5 Å². The van der Waals surface area contributed by atoms with Crippen molar-refractivity contribution in [3.05, 3.63) is 53.9 Å². The van der Waals surface area contributed by atoms with E-state index in [2.05, 4.69) is 20.6 Å². The number of carbonyl (C=O) groups is 2. The Morgan fingerprint density at radius 1 is 1.19 bits per heavy atom. The molecule has 0 aliphatic carbocycles. The van der Waals surface area contributed by atoms with E-state index in [4.69, 9.17) is 10.5 Å². The second kappa shape index (κ2) is 8.33. The molecule has 0 spiro atoms. The summed E-state index contributed by atoms with van der Waals surface area (Å²) in [7, 11) is 1.48. The van der Waals surface area contributed by atoms with Crippen molar-refractivity contribution < 1.29 is 14.3 Å². The van der Waals surface area contributed by atoms with E-state index in [1.165, 1.54) is 7.11 Å². The number of benzene rings is 2. The predicted octanol–water partition coefficient (Wildman–Crippen LogP) is 1.90. The van der Waals surface area contributed by atoms with Crippen LogP contribution in [0.25, 0.3) is 11.0 Å². The van der Waals surface area contributed by atoms with Crippen LogP contribution in [0, 0.1) is 0 Å². The average Bonchev–Trinajstić information content (AvgIpc) is 3.12. The second-order valence-corrected chi connectivity index (χ2v) is 5.87. The van der Waals surface area contributed by atoms with E-state index in [1.807, 2.05) is 24.3 Å². The number of amides is 2. The number of aromatic nitrogens is 2. The Hall–Kier alpha value is -3.39. The topological polar surface area (TPSA) is 122 Å². The third kappa shape index (κ3) is 4.24. The number of imidazole rings is 1. The lowest BCUT2D eigenvalue weighted by Crippen LogP contribution is -2.26. The van der Waals surface area contributed by atoms with Crippen LogP contribution in [0.5, 0.6) is 5.75 Å². The molecule has 2 amide bonds. The highest BCUT2D eigenvalue weighted by Gasteiger charge is 2.16. The Labute approximate surface area is 156 Å². The third-order valence-corrected chi connectivity index (χ3v) is 3.97. The molecule has 1 heterocycles. The maximum absolute atomic E-state index is 12.5. The van der Waals surface area contributed by atoms with E-state index >= 15 is 0 Å². The largest absolute Gasteiger partial charge is 0.496 e. The highest BCUT2D eigenvalue weighted by Crippen LogP contribution is 2.23. The second-order valence-electron chi connectivity index (χ2n) is 5.87. The summed E-state index contributed by atoms with van der Waals surface area (Å²) >= 11 is 0.